The Balaban J connectivity index is 0.00000392. The molecule has 0 aromatic heterocycles. The highest BCUT2D eigenvalue weighted by Gasteiger charge is 2.16. The zero-order chi connectivity index (χ0) is 19.3. The molecule has 1 aromatic rings. The first kappa shape index (κ1) is 25.0. The van der Waals surface area contributed by atoms with Crippen LogP contribution in [0.3, 0.4) is 0 Å². The monoisotopic (exact) mass is 503 g/mol. The van der Waals surface area contributed by atoms with Gasteiger partial charge in [0.2, 0.25) is 0 Å². The number of aliphatic imine (C=N–C) groups is 1. The molecule has 7 heteroatoms. The maximum Gasteiger partial charge on any atom is 0.191 e. The number of anilines is 1. The summed E-state index contributed by atoms with van der Waals surface area (Å²) >= 11 is 0. The third-order valence-corrected chi connectivity index (χ3v) is 4.94. The number of para-hydroxylation sites is 1. The molecule has 1 saturated heterocycles. The van der Waals surface area contributed by atoms with Gasteiger partial charge in [0.25, 0.3) is 0 Å². The number of morpholine rings is 1. The third-order valence-electron chi connectivity index (χ3n) is 4.94. The highest BCUT2D eigenvalue weighted by molar-refractivity contribution is 14.0. The first-order chi connectivity index (χ1) is 13.2. The van der Waals surface area contributed by atoms with Crippen LogP contribution in [0, 0.1) is 0 Å². The second kappa shape index (κ2) is 14.9. The summed E-state index contributed by atoms with van der Waals surface area (Å²) in [6.07, 6.45) is 2.28. The Hall–Kier alpha value is -1.06. The predicted octanol–water partition coefficient (Wildman–Crippen LogP) is 2.80. The minimum atomic E-state index is 0. The summed E-state index contributed by atoms with van der Waals surface area (Å²) in [5, 5.41) is 6.82. The first-order valence-electron chi connectivity index (χ1n) is 10.3. The zero-order valence-corrected chi connectivity index (χ0v) is 20.0. The number of unbranched alkanes of at least 4 members (excludes halogenated alkanes) is 1. The van der Waals surface area contributed by atoms with Crippen LogP contribution in [-0.2, 0) is 4.74 Å². The number of hydrogen-bond acceptors (Lipinski definition) is 4. The van der Waals surface area contributed by atoms with E-state index in [-0.39, 0.29) is 24.0 Å². The summed E-state index contributed by atoms with van der Waals surface area (Å²) in [4.78, 5) is 9.53. The Bertz CT molecular complexity index is 537. The molecular weight excluding hydrogens is 465 g/mol. The summed E-state index contributed by atoms with van der Waals surface area (Å²) in [6.45, 7) is 11.8. The molecule has 0 radical (unpaired) electrons. The van der Waals surface area contributed by atoms with E-state index in [0.29, 0.717) is 6.04 Å². The van der Waals surface area contributed by atoms with E-state index in [1.54, 1.807) is 0 Å². The van der Waals surface area contributed by atoms with Gasteiger partial charge in [-0.25, -0.2) is 0 Å². The van der Waals surface area contributed by atoms with Crippen LogP contribution in [0.15, 0.2) is 35.3 Å². The Morgan fingerprint density at radius 2 is 1.89 bits per heavy atom. The van der Waals surface area contributed by atoms with Crippen LogP contribution in [0.25, 0.3) is 0 Å². The van der Waals surface area contributed by atoms with Crippen molar-refractivity contribution in [2.75, 3.05) is 64.4 Å². The van der Waals surface area contributed by atoms with Gasteiger partial charge < -0.3 is 20.3 Å². The van der Waals surface area contributed by atoms with Gasteiger partial charge in [0.05, 0.1) is 19.8 Å². The van der Waals surface area contributed by atoms with Gasteiger partial charge in [-0.3, -0.25) is 9.89 Å². The van der Waals surface area contributed by atoms with Crippen LogP contribution < -0.4 is 15.5 Å². The molecule has 1 fully saturated rings. The molecule has 1 aromatic carbocycles. The molecule has 0 spiro atoms. The Labute approximate surface area is 188 Å². The molecule has 160 valence electrons. The number of ether oxygens (including phenoxy) is 1. The Kier molecular flexibility index (Phi) is 13.3. The van der Waals surface area contributed by atoms with Crippen molar-refractivity contribution in [3.8, 4) is 0 Å². The molecule has 1 heterocycles. The van der Waals surface area contributed by atoms with Crippen LogP contribution in [0.4, 0.5) is 5.69 Å². The molecule has 1 atom stereocenters. The smallest absolute Gasteiger partial charge is 0.191 e. The fourth-order valence-corrected chi connectivity index (χ4v) is 3.19. The molecule has 0 amide bonds. The van der Waals surface area contributed by atoms with Crippen molar-refractivity contribution >= 4 is 35.6 Å². The molecule has 2 N–H and O–H groups in total. The Morgan fingerprint density at radius 3 is 2.57 bits per heavy atom. The second-order valence-corrected chi connectivity index (χ2v) is 7.11. The standard InChI is InChI=1S/C21H37N5O.HI/c1-4-22-21(24-18-19(2)26-14-16-27-17-15-26)23-12-8-9-13-25(3)20-10-6-5-7-11-20;/h5-7,10-11,19H,4,8-9,12-18H2,1-3H3,(H2,22,23,24);1H. The van der Waals surface area contributed by atoms with Gasteiger partial charge in [0.15, 0.2) is 5.96 Å². The first-order valence-corrected chi connectivity index (χ1v) is 10.3. The number of nitrogens with one attached hydrogen (secondary N) is 2. The third kappa shape index (κ3) is 9.43. The lowest BCUT2D eigenvalue weighted by molar-refractivity contribution is 0.0220. The van der Waals surface area contributed by atoms with E-state index >= 15 is 0 Å². The molecule has 1 aliphatic heterocycles. The fraction of sp³-hybridized carbons (Fsp3) is 0.667. The maximum atomic E-state index is 5.43. The van der Waals surface area contributed by atoms with E-state index in [9.17, 15) is 0 Å². The molecule has 1 aliphatic rings. The highest BCUT2D eigenvalue weighted by atomic mass is 127. The van der Waals surface area contributed by atoms with E-state index in [1.807, 2.05) is 0 Å². The number of nitrogens with zero attached hydrogens (tertiary/aromatic N) is 3. The lowest BCUT2D eigenvalue weighted by Gasteiger charge is -2.31. The second-order valence-electron chi connectivity index (χ2n) is 7.11. The summed E-state index contributed by atoms with van der Waals surface area (Å²) in [5.74, 6) is 0.925. The molecule has 1 unspecified atom stereocenters. The van der Waals surface area contributed by atoms with E-state index in [2.05, 4.69) is 71.7 Å². The summed E-state index contributed by atoms with van der Waals surface area (Å²) < 4.78 is 5.43. The van der Waals surface area contributed by atoms with Crippen molar-refractivity contribution in [1.29, 1.82) is 0 Å². The van der Waals surface area contributed by atoms with Crippen molar-refractivity contribution in [3.63, 3.8) is 0 Å². The van der Waals surface area contributed by atoms with Crippen molar-refractivity contribution in [1.82, 2.24) is 15.5 Å². The van der Waals surface area contributed by atoms with Crippen molar-refractivity contribution < 1.29 is 4.74 Å². The van der Waals surface area contributed by atoms with Crippen LogP contribution in [-0.4, -0.2) is 76.4 Å². The summed E-state index contributed by atoms with van der Waals surface area (Å²) in [6, 6.07) is 11.0. The number of benzene rings is 1. The largest absolute Gasteiger partial charge is 0.379 e. The predicted molar refractivity (Wildman–Crippen MR) is 130 cm³/mol. The van der Waals surface area contributed by atoms with Gasteiger partial charge in [0, 0.05) is 51.5 Å². The van der Waals surface area contributed by atoms with Crippen molar-refractivity contribution in [2.24, 2.45) is 4.99 Å². The number of rotatable bonds is 10. The number of hydrogen-bond donors (Lipinski definition) is 2. The van der Waals surface area contributed by atoms with Gasteiger partial charge in [-0.1, -0.05) is 18.2 Å². The van der Waals surface area contributed by atoms with Gasteiger partial charge >= 0.3 is 0 Å². The quantitative estimate of drug-likeness (QED) is 0.223. The molecular formula is C21H38IN5O. The summed E-state index contributed by atoms with van der Waals surface area (Å²) in [5.41, 5.74) is 1.28. The van der Waals surface area contributed by atoms with E-state index in [1.165, 1.54) is 5.69 Å². The minimum absolute atomic E-state index is 0. The van der Waals surface area contributed by atoms with E-state index in [0.717, 1.165) is 71.3 Å². The maximum absolute atomic E-state index is 5.43. The fourth-order valence-electron chi connectivity index (χ4n) is 3.19. The van der Waals surface area contributed by atoms with E-state index < -0.39 is 0 Å². The van der Waals surface area contributed by atoms with Crippen LogP contribution in [0.5, 0.6) is 0 Å². The van der Waals surface area contributed by atoms with Crippen LogP contribution >= 0.6 is 24.0 Å². The van der Waals surface area contributed by atoms with Crippen molar-refractivity contribution in [2.45, 2.75) is 32.7 Å². The molecule has 0 aliphatic carbocycles. The topological polar surface area (TPSA) is 52.1 Å². The lowest BCUT2D eigenvalue weighted by Crippen LogP contribution is -2.44. The molecule has 6 nitrogen and oxygen atoms in total. The summed E-state index contributed by atoms with van der Waals surface area (Å²) in [7, 11) is 2.15. The number of guanidine groups is 1. The van der Waals surface area contributed by atoms with Crippen LogP contribution in [0.1, 0.15) is 26.7 Å². The molecule has 0 bridgehead atoms. The SMILES string of the molecule is CCNC(=NCC(C)N1CCOCC1)NCCCCN(C)c1ccccc1.I. The molecule has 28 heavy (non-hydrogen) atoms. The zero-order valence-electron chi connectivity index (χ0n) is 17.7. The number of halogens is 1. The van der Waals surface area contributed by atoms with Crippen molar-refractivity contribution in [3.05, 3.63) is 30.3 Å². The normalized spacial score (nSPS) is 16.2. The van der Waals surface area contributed by atoms with Gasteiger partial charge in [0.1, 0.15) is 0 Å². The molecule has 0 saturated carbocycles. The average Bonchev–Trinajstić information content (AvgIpc) is 2.72. The van der Waals surface area contributed by atoms with Gasteiger partial charge in [-0.05, 0) is 38.8 Å². The van der Waals surface area contributed by atoms with Crippen LogP contribution in [0.2, 0.25) is 0 Å². The Morgan fingerprint density at radius 1 is 1.18 bits per heavy atom. The minimum Gasteiger partial charge on any atom is -0.379 e. The highest BCUT2D eigenvalue weighted by Crippen LogP contribution is 2.11. The van der Waals surface area contributed by atoms with Gasteiger partial charge in [-0.2, -0.15) is 0 Å². The van der Waals surface area contributed by atoms with E-state index in [4.69, 9.17) is 9.73 Å². The lowest BCUT2D eigenvalue weighted by atomic mass is 10.2. The molecule has 2 rings (SSSR count). The average molecular weight is 503 g/mol. The van der Waals surface area contributed by atoms with Gasteiger partial charge in [-0.15, -0.1) is 24.0 Å².